The normalized spacial score (nSPS) is 11.3. The zero-order valence-electron chi connectivity index (χ0n) is 21.1. The van der Waals surface area contributed by atoms with Gasteiger partial charge < -0.3 is 4.98 Å². The Bertz CT molecular complexity index is 1560. The van der Waals surface area contributed by atoms with Gasteiger partial charge in [-0.1, -0.05) is 30.3 Å². The fourth-order valence-electron chi connectivity index (χ4n) is 4.72. The number of ketones is 1. The maximum atomic E-state index is 13.6. The molecule has 0 amide bonds. The lowest BCUT2D eigenvalue weighted by Gasteiger charge is -2.13. The largest absolute Gasteiger partial charge is 0.358 e. The van der Waals surface area contributed by atoms with Gasteiger partial charge in [0, 0.05) is 54.2 Å². The van der Waals surface area contributed by atoms with E-state index in [9.17, 15) is 9.59 Å². The molecule has 188 valence electrons. The fraction of sp³-hybridized carbons (Fsp3) is 0.276. The monoisotopic (exact) mass is 494 g/mol. The molecule has 1 aromatic carbocycles. The third-order valence-corrected chi connectivity index (χ3v) is 6.62. The van der Waals surface area contributed by atoms with Crippen LogP contribution in [0.2, 0.25) is 0 Å². The summed E-state index contributed by atoms with van der Waals surface area (Å²) in [5.41, 5.74) is 5.68. The summed E-state index contributed by atoms with van der Waals surface area (Å²) in [5, 5.41) is 5.44. The molecular weight excluding hydrogens is 464 g/mol. The van der Waals surface area contributed by atoms with Crippen molar-refractivity contribution >= 4 is 16.7 Å². The van der Waals surface area contributed by atoms with Crippen LogP contribution in [-0.4, -0.2) is 35.1 Å². The molecule has 0 atom stereocenters. The lowest BCUT2D eigenvalue weighted by Crippen LogP contribution is -2.30. The van der Waals surface area contributed by atoms with Crippen molar-refractivity contribution in [1.29, 1.82) is 0 Å². The number of pyridine rings is 1. The number of Topliss-reactive ketones (excluding diaryl/α,β-unsaturated/α-hetero) is 1. The molecule has 0 aliphatic rings. The maximum absolute atomic E-state index is 13.6. The molecule has 0 unspecified atom stereocenters. The van der Waals surface area contributed by atoms with Gasteiger partial charge >= 0.3 is 0 Å². The molecule has 5 rings (SSSR count). The van der Waals surface area contributed by atoms with Crippen molar-refractivity contribution in [3.63, 3.8) is 0 Å². The predicted octanol–water partition coefficient (Wildman–Crippen LogP) is 4.21. The summed E-state index contributed by atoms with van der Waals surface area (Å²) >= 11 is 0. The third-order valence-electron chi connectivity index (χ3n) is 6.62. The molecular formula is C29H30N6O2. The SMILES string of the molecule is Cc1nn(C)cc1-c1cnc(CCCc2ccccc2)c(=O)n1CC(=O)CCc1cc2cnccc2[nH]1. The minimum absolute atomic E-state index is 0.00150. The van der Waals surface area contributed by atoms with Gasteiger partial charge in [0.2, 0.25) is 0 Å². The van der Waals surface area contributed by atoms with E-state index < -0.39 is 0 Å². The van der Waals surface area contributed by atoms with Gasteiger partial charge in [0.1, 0.15) is 5.69 Å². The van der Waals surface area contributed by atoms with Crippen LogP contribution in [0.15, 0.2) is 72.0 Å². The van der Waals surface area contributed by atoms with E-state index in [2.05, 4.69) is 32.2 Å². The number of H-pyrrole nitrogens is 1. The van der Waals surface area contributed by atoms with Gasteiger partial charge in [0.05, 0.1) is 24.1 Å². The van der Waals surface area contributed by atoms with Gasteiger partial charge in [0.25, 0.3) is 5.56 Å². The number of nitrogens with one attached hydrogen (secondary N) is 1. The van der Waals surface area contributed by atoms with Crippen LogP contribution in [0, 0.1) is 6.92 Å². The number of aromatic amines is 1. The quantitative estimate of drug-likeness (QED) is 0.314. The molecule has 0 fully saturated rings. The highest BCUT2D eigenvalue weighted by Gasteiger charge is 2.18. The molecule has 0 spiro atoms. The van der Waals surface area contributed by atoms with Crippen molar-refractivity contribution in [2.45, 2.75) is 45.6 Å². The molecule has 0 bridgehead atoms. The number of aryl methyl sites for hydroxylation is 5. The molecule has 8 heteroatoms. The smallest absolute Gasteiger partial charge is 0.273 e. The van der Waals surface area contributed by atoms with Crippen LogP contribution in [0.25, 0.3) is 22.2 Å². The minimum atomic E-state index is -0.209. The van der Waals surface area contributed by atoms with E-state index in [1.807, 2.05) is 50.5 Å². The number of fused-ring (bicyclic) bond motifs is 1. The molecule has 0 aliphatic heterocycles. The van der Waals surface area contributed by atoms with Gasteiger partial charge in [-0.25, -0.2) is 0 Å². The average Bonchev–Trinajstić information content (AvgIpc) is 3.47. The summed E-state index contributed by atoms with van der Waals surface area (Å²) in [6, 6.07) is 14.1. The Morgan fingerprint density at radius 3 is 2.65 bits per heavy atom. The van der Waals surface area contributed by atoms with Crippen LogP contribution in [0.5, 0.6) is 0 Å². The predicted molar refractivity (Wildman–Crippen MR) is 143 cm³/mol. The van der Waals surface area contributed by atoms with E-state index in [0.717, 1.165) is 40.7 Å². The minimum Gasteiger partial charge on any atom is -0.358 e. The summed E-state index contributed by atoms with van der Waals surface area (Å²) in [4.78, 5) is 38.7. The third kappa shape index (κ3) is 5.58. The number of rotatable bonds is 10. The topological polar surface area (TPSA) is 98.5 Å². The highest BCUT2D eigenvalue weighted by molar-refractivity contribution is 5.81. The molecule has 37 heavy (non-hydrogen) atoms. The molecule has 5 aromatic rings. The van der Waals surface area contributed by atoms with Crippen molar-refractivity contribution in [1.82, 2.24) is 29.3 Å². The second kappa shape index (κ2) is 10.7. The van der Waals surface area contributed by atoms with E-state index in [0.29, 0.717) is 30.7 Å². The van der Waals surface area contributed by atoms with E-state index in [1.54, 1.807) is 27.8 Å². The van der Waals surface area contributed by atoms with E-state index in [4.69, 9.17) is 0 Å². The van der Waals surface area contributed by atoms with Gasteiger partial charge in [-0.15, -0.1) is 0 Å². The molecule has 4 aromatic heterocycles. The number of hydrogen-bond donors (Lipinski definition) is 1. The van der Waals surface area contributed by atoms with Crippen LogP contribution in [0.4, 0.5) is 0 Å². The molecule has 4 heterocycles. The maximum Gasteiger partial charge on any atom is 0.273 e. The summed E-state index contributed by atoms with van der Waals surface area (Å²) < 4.78 is 3.28. The number of carbonyl (C=O) groups is 1. The van der Waals surface area contributed by atoms with Gasteiger partial charge in [-0.3, -0.25) is 28.8 Å². The lowest BCUT2D eigenvalue weighted by molar-refractivity contribution is -0.119. The Balaban J connectivity index is 1.36. The Morgan fingerprint density at radius 1 is 1.05 bits per heavy atom. The number of hydrogen-bond acceptors (Lipinski definition) is 5. The summed E-state index contributed by atoms with van der Waals surface area (Å²) in [6.07, 6.45) is 10.2. The molecule has 1 N–H and O–H groups in total. The first-order valence-electron chi connectivity index (χ1n) is 12.5. The van der Waals surface area contributed by atoms with Crippen LogP contribution >= 0.6 is 0 Å². The molecule has 0 aliphatic carbocycles. The average molecular weight is 495 g/mol. The van der Waals surface area contributed by atoms with Crippen LogP contribution in [0.1, 0.15) is 35.5 Å². The van der Waals surface area contributed by atoms with Crippen molar-refractivity contribution < 1.29 is 4.79 Å². The fourth-order valence-corrected chi connectivity index (χ4v) is 4.72. The second-order valence-electron chi connectivity index (χ2n) is 9.42. The number of carbonyl (C=O) groups excluding carboxylic acids is 1. The summed E-state index contributed by atoms with van der Waals surface area (Å²) in [7, 11) is 1.84. The standard InChI is InChI=1S/C29H30N6O2/c1-20-25(19-34(2)33-20)28-17-31-27(10-6-9-21-7-4-3-5-8-21)29(37)35(28)18-24(36)12-11-23-15-22-16-30-14-13-26(22)32-23/h3-5,7-8,13-17,19,32H,6,9-12,18H2,1-2H3. The Labute approximate surface area is 215 Å². The first-order chi connectivity index (χ1) is 18.0. The Kier molecular flexibility index (Phi) is 7.07. The first-order valence-corrected chi connectivity index (χ1v) is 12.5. The Hall–Kier alpha value is -4.33. The van der Waals surface area contributed by atoms with Crippen molar-refractivity contribution in [2.75, 3.05) is 0 Å². The molecule has 8 nitrogen and oxygen atoms in total. The molecule has 0 saturated heterocycles. The van der Waals surface area contributed by atoms with Crippen molar-refractivity contribution in [2.24, 2.45) is 7.05 Å². The van der Waals surface area contributed by atoms with Gasteiger partial charge in [-0.05, 0) is 50.3 Å². The van der Waals surface area contributed by atoms with Crippen LogP contribution < -0.4 is 5.56 Å². The van der Waals surface area contributed by atoms with Gasteiger partial charge in [0.15, 0.2) is 5.78 Å². The van der Waals surface area contributed by atoms with Gasteiger partial charge in [-0.2, -0.15) is 5.10 Å². The van der Waals surface area contributed by atoms with Crippen molar-refractivity contribution in [3.8, 4) is 11.3 Å². The first kappa shape index (κ1) is 24.4. The van der Waals surface area contributed by atoms with E-state index >= 15 is 0 Å². The molecule has 0 radical (unpaired) electrons. The Morgan fingerprint density at radius 2 is 1.89 bits per heavy atom. The van der Waals surface area contributed by atoms with E-state index in [1.165, 1.54) is 5.56 Å². The van der Waals surface area contributed by atoms with Crippen LogP contribution in [-0.2, 0) is 37.6 Å². The number of nitrogens with zero attached hydrogens (tertiary/aromatic N) is 5. The lowest BCUT2D eigenvalue weighted by atomic mass is 10.1. The zero-order valence-corrected chi connectivity index (χ0v) is 21.1. The molecule has 0 saturated carbocycles. The highest BCUT2D eigenvalue weighted by atomic mass is 16.1. The van der Waals surface area contributed by atoms with Crippen LogP contribution in [0.3, 0.4) is 0 Å². The number of benzene rings is 1. The second-order valence-corrected chi connectivity index (χ2v) is 9.42. The summed E-state index contributed by atoms with van der Waals surface area (Å²) in [5.74, 6) is -0.0110. The highest BCUT2D eigenvalue weighted by Crippen LogP contribution is 2.21. The van der Waals surface area contributed by atoms with E-state index in [-0.39, 0.29) is 17.9 Å². The zero-order chi connectivity index (χ0) is 25.8. The number of aromatic nitrogens is 6. The van der Waals surface area contributed by atoms with Crippen molar-refractivity contribution in [3.05, 3.63) is 100 Å². The summed E-state index contributed by atoms with van der Waals surface area (Å²) in [6.45, 7) is 1.89.